The second-order valence-electron chi connectivity index (χ2n) is 10.7. The van der Waals surface area contributed by atoms with Crippen LogP contribution in [-0.4, -0.2) is 60.1 Å². The van der Waals surface area contributed by atoms with Crippen LogP contribution in [0.5, 0.6) is 0 Å². The number of carbonyl (C=O) groups is 2. The largest absolute Gasteiger partial charge is 0.502 e. The van der Waals surface area contributed by atoms with Crippen molar-refractivity contribution < 1.29 is 19.1 Å². The van der Waals surface area contributed by atoms with E-state index < -0.39 is 0 Å². The van der Waals surface area contributed by atoms with Gasteiger partial charge < -0.3 is 14.5 Å². The van der Waals surface area contributed by atoms with E-state index in [1.165, 1.54) is 28.2 Å². The van der Waals surface area contributed by atoms with Crippen molar-refractivity contribution in [2.24, 2.45) is 0 Å². The van der Waals surface area contributed by atoms with E-state index in [2.05, 4.69) is 138 Å². The Kier molecular flexibility index (Phi) is 22.9. The van der Waals surface area contributed by atoms with Crippen molar-refractivity contribution in [3.05, 3.63) is 104 Å². The van der Waals surface area contributed by atoms with Crippen LogP contribution in [0.15, 0.2) is 92.6 Å². The highest BCUT2D eigenvalue weighted by Crippen LogP contribution is 2.29. The van der Waals surface area contributed by atoms with Gasteiger partial charge >= 0.3 is 0 Å². The number of H-pyrrole nitrogens is 2. The van der Waals surface area contributed by atoms with Crippen molar-refractivity contribution in [2.75, 3.05) is 22.6 Å². The second kappa shape index (κ2) is 25.8. The van der Waals surface area contributed by atoms with E-state index in [9.17, 15) is 9.59 Å². The zero-order valence-electron chi connectivity index (χ0n) is 28.3. The third-order valence-electron chi connectivity index (χ3n) is 7.24. The summed E-state index contributed by atoms with van der Waals surface area (Å²) in [6, 6.07) is 19.7. The van der Waals surface area contributed by atoms with Crippen LogP contribution in [0.25, 0.3) is 32.7 Å². The second-order valence-corrected chi connectivity index (χ2v) is 15.0. The van der Waals surface area contributed by atoms with Crippen LogP contribution in [0.1, 0.15) is 73.7 Å². The Morgan fingerprint density at radius 3 is 2.19 bits per heavy atom. The maximum atomic E-state index is 11.1. The first-order valence-electron chi connectivity index (χ1n) is 16.1. The van der Waals surface area contributed by atoms with E-state index in [0.717, 1.165) is 80.3 Å². The molecule has 2 aliphatic rings. The molecule has 0 aliphatic carbocycles. The minimum Gasteiger partial charge on any atom is -0.502 e. The van der Waals surface area contributed by atoms with Gasteiger partial charge in [0, 0.05) is 47.9 Å². The number of fused-ring (bicyclic) bond motifs is 3. The maximum absolute atomic E-state index is 11.1. The smallest absolute Gasteiger partial charge is 0.170 e. The lowest BCUT2D eigenvalue weighted by Gasteiger charge is -2.23. The van der Waals surface area contributed by atoms with Crippen molar-refractivity contribution in [1.29, 1.82) is 0 Å². The van der Waals surface area contributed by atoms with E-state index in [0.29, 0.717) is 11.4 Å². The first-order valence-corrected chi connectivity index (χ1v) is 22.2. The van der Waals surface area contributed by atoms with Gasteiger partial charge in [-0.15, -0.1) is 0 Å². The third-order valence-corrected chi connectivity index (χ3v) is 8.72. The molecule has 5 heterocycles. The monoisotopic (exact) mass is 1120 g/mol. The van der Waals surface area contributed by atoms with Gasteiger partial charge in [-0.25, -0.2) is 4.68 Å². The van der Waals surface area contributed by atoms with Gasteiger partial charge in [0.15, 0.2) is 18.8 Å². The zero-order chi connectivity index (χ0) is 37.0. The molecule has 0 amide bonds. The van der Waals surface area contributed by atoms with Gasteiger partial charge in [-0.1, -0.05) is 107 Å². The van der Waals surface area contributed by atoms with Gasteiger partial charge in [0.1, 0.15) is 11.4 Å². The number of aromatic nitrogens is 5. The van der Waals surface area contributed by atoms with Gasteiger partial charge in [0.25, 0.3) is 0 Å². The summed E-state index contributed by atoms with van der Waals surface area (Å²) < 4.78 is 16.7. The van der Waals surface area contributed by atoms with E-state index in [1.54, 1.807) is 6.26 Å². The minimum atomic E-state index is -0.0453. The third kappa shape index (κ3) is 14.3. The molecule has 0 radical (unpaired) electrons. The maximum Gasteiger partial charge on any atom is 0.170 e. The number of nitrogens with zero attached hydrogens (tertiary/aromatic N) is 3. The van der Waals surface area contributed by atoms with E-state index in [4.69, 9.17) is 9.47 Å². The van der Waals surface area contributed by atoms with E-state index in [1.807, 2.05) is 64.3 Å². The Morgan fingerprint density at radius 1 is 0.904 bits per heavy atom. The molecular formula is C38H44Br3I2N5O4. The molecule has 3 aromatic heterocycles. The SMILES string of the molecule is Brc1ccc2[nH]ccc2c1.C.C1=COCCC1.CCI.CI.O=Cc1[nH]nc2ccc(Br)cc12.O=Cc1nn(C2CCCCO2)c2ccc(Br)cc12. The molecule has 9 nitrogen and oxygen atoms in total. The van der Waals surface area contributed by atoms with Crippen molar-refractivity contribution in [1.82, 2.24) is 25.0 Å². The summed E-state index contributed by atoms with van der Waals surface area (Å²) in [6.45, 7) is 3.79. The molecule has 14 heteroatoms. The predicted molar refractivity (Wildman–Crippen MR) is 242 cm³/mol. The van der Waals surface area contributed by atoms with Crippen molar-refractivity contribution in [2.45, 2.75) is 52.7 Å². The van der Waals surface area contributed by atoms with Gasteiger partial charge in [0.2, 0.25) is 0 Å². The van der Waals surface area contributed by atoms with Gasteiger partial charge in [-0.3, -0.25) is 14.7 Å². The Morgan fingerprint density at radius 2 is 1.60 bits per heavy atom. The fourth-order valence-corrected chi connectivity index (χ4v) is 6.07. The number of ether oxygens (including phenoxy) is 2. The van der Waals surface area contributed by atoms with Crippen LogP contribution in [0.3, 0.4) is 0 Å². The molecule has 52 heavy (non-hydrogen) atoms. The highest BCUT2D eigenvalue weighted by Gasteiger charge is 2.20. The number of allylic oxidation sites excluding steroid dienone is 1. The summed E-state index contributed by atoms with van der Waals surface area (Å²) in [6.07, 6.45) is 12.8. The number of rotatable bonds is 3. The minimum absolute atomic E-state index is 0. The fourth-order valence-electron chi connectivity index (χ4n) is 4.96. The number of aromatic amines is 2. The van der Waals surface area contributed by atoms with Gasteiger partial charge in [-0.05, 0) is 108 Å². The van der Waals surface area contributed by atoms with Crippen molar-refractivity contribution in [3.63, 3.8) is 0 Å². The Bertz CT molecular complexity index is 1960. The number of nitrogens with one attached hydrogen (secondary N) is 2. The summed E-state index contributed by atoms with van der Waals surface area (Å²) >= 11 is 14.6. The average Bonchev–Trinajstić information content (AvgIpc) is 3.91. The molecule has 1 unspecified atom stereocenters. The number of hydrogen-bond acceptors (Lipinski definition) is 6. The molecule has 6 aromatic rings. The lowest BCUT2D eigenvalue weighted by Crippen LogP contribution is -2.19. The lowest BCUT2D eigenvalue weighted by molar-refractivity contribution is -0.0367. The Balaban J connectivity index is 0.000000241. The van der Waals surface area contributed by atoms with E-state index in [-0.39, 0.29) is 13.7 Å². The molecular weight excluding hydrogens is 1080 g/mol. The molecule has 2 aliphatic heterocycles. The predicted octanol–water partition coefficient (Wildman–Crippen LogP) is 12.8. The molecule has 1 fully saturated rings. The highest BCUT2D eigenvalue weighted by molar-refractivity contribution is 14.1. The van der Waals surface area contributed by atoms with Gasteiger partial charge in [-0.2, -0.15) is 10.2 Å². The normalized spacial score (nSPS) is 14.2. The van der Waals surface area contributed by atoms with Crippen LogP contribution in [0.2, 0.25) is 0 Å². The first kappa shape index (κ1) is 46.0. The van der Waals surface area contributed by atoms with Crippen LogP contribution in [-0.2, 0) is 9.47 Å². The van der Waals surface area contributed by atoms with Crippen molar-refractivity contribution >= 4 is 138 Å². The standard InChI is InChI=1S/C13H13BrN2O2.C8H5BrN2O.C8H6BrN.C5H8O.C2H5I.CH3I.CH4/c14-9-4-5-12-10(7-9)11(8-17)15-16(12)13-3-1-2-6-18-13;9-5-1-2-7-6(3-5)8(4-12)11-10-7;9-7-1-2-8-6(5-7)3-4-10-8;1-2-4-6-5-3-1;1-2-3;1-2;/h4-5,7-8,13H,1-3,6H2;1-4H,(H,10,11);1-5,10H;2,4H,1,3,5H2;2H2,1H3;1H3;1H4. The molecule has 1 saturated heterocycles. The highest BCUT2D eigenvalue weighted by atomic mass is 127. The summed E-state index contributed by atoms with van der Waals surface area (Å²) in [7, 11) is 0. The van der Waals surface area contributed by atoms with Crippen LogP contribution >= 0.6 is 93.0 Å². The number of aldehydes is 2. The van der Waals surface area contributed by atoms with Gasteiger partial charge in [0.05, 0.1) is 23.9 Å². The summed E-state index contributed by atoms with van der Waals surface area (Å²) in [4.78, 5) is 26.7. The topological polar surface area (TPSA) is 115 Å². The molecule has 0 spiro atoms. The van der Waals surface area contributed by atoms with E-state index >= 15 is 0 Å². The Hall–Kier alpha value is -2.12. The molecule has 1 atom stereocenters. The quantitative estimate of drug-likeness (QED) is 0.104. The number of alkyl halides is 2. The average molecular weight is 1130 g/mol. The number of carbonyl (C=O) groups excluding carboxylic acids is 2. The lowest BCUT2D eigenvalue weighted by atomic mass is 10.2. The number of halogens is 5. The molecule has 8 rings (SSSR count). The molecule has 0 bridgehead atoms. The summed E-state index contributed by atoms with van der Waals surface area (Å²) in [5.41, 5.74) is 3.93. The number of benzene rings is 3. The first-order chi connectivity index (χ1) is 24.9. The summed E-state index contributed by atoms with van der Waals surface area (Å²) in [5, 5.41) is 13.9. The van der Waals surface area contributed by atoms with Crippen LogP contribution in [0, 0.1) is 0 Å². The molecule has 0 saturated carbocycles. The molecule has 280 valence electrons. The Labute approximate surface area is 358 Å². The molecule has 3 aromatic carbocycles. The number of hydrogen-bond donors (Lipinski definition) is 2. The molecule has 2 N–H and O–H groups in total. The fraction of sp³-hybridized carbons (Fsp3) is 0.316. The van der Waals surface area contributed by atoms with Crippen LogP contribution in [0.4, 0.5) is 0 Å². The van der Waals surface area contributed by atoms with Crippen molar-refractivity contribution in [3.8, 4) is 0 Å². The zero-order valence-corrected chi connectivity index (χ0v) is 37.3. The summed E-state index contributed by atoms with van der Waals surface area (Å²) in [5.74, 6) is 0. The van der Waals surface area contributed by atoms with Crippen LogP contribution < -0.4 is 0 Å².